The lowest BCUT2D eigenvalue weighted by atomic mass is 10.1. The van der Waals surface area contributed by atoms with Crippen molar-refractivity contribution in [1.29, 1.82) is 0 Å². The summed E-state index contributed by atoms with van der Waals surface area (Å²) in [6.07, 6.45) is 3.99. The maximum absolute atomic E-state index is 12.3. The fourth-order valence-electron chi connectivity index (χ4n) is 3.30. The Morgan fingerprint density at radius 1 is 1.09 bits per heavy atom. The lowest BCUT2D eigenvalue weighted by molar-refractivity contribution is -0.132. The van der Waals surface area contributed by atoms with Gasteiger partial charge in [-0.3, -0.25) is 4.79 Å². The second-order valence-electron chi connectivity index (χ2n) is 6.15. The molecule has 0 aromatic heterocycles. The van der Waals surface area contributed by atoms with Gasteiger partial charge in [0.05, 0.1) is 0 Å². The van der Waals surface area contributed by atoms with E-state index in [4.69, 9.17) is 0 Å². The van der Waals surface area contributed by atoms with Gasteiger partial charge in [0, 0.05) is 51.7 Å². The van der Waals surface area contributed by atoms with Crippen molar-refractivity contribution >= 4 is 11.9 Å². The highest BCUT2D eigenvalue weighted by molar-refractivity contribution is 5.77. The van der Waals surface area contributed by atoms with Gasteiger partial charge in [-0.25, -0.2) is 4.79 Å². The summed E-state index contributed by atoms with van der Waals surface area (Å²) in [4.78, 5) is 30.2. The number of rotatable bonds is 5. The highest BCUT2D eigenvalue weighted by Crippen LogP contribution is 2.13. The summed E-state index contributed by atoms with van der Waals surface area (Å²) in [5.41, 5.74) is 0. The Morgan fingerprint density at radius 3 is 2.27 bits per heavy atom. The van der Waals surface area contributed by atoms with E-state index in [1.807, 2.05) is 28.5 Å². The molecule has 1 N–H and O–H groups in total. The van der Waals surface area contributed by atoms with E-state index >= 15 is 0 Å². The summed E-state index contributed by atoms with van der Waals surface area (Å²) in [5, 5.41) is 3.43. The Balaban J connectivity index is 1.71. The lowest BCUT2D eigenvalue weighted by Gasteiger charge is -2.37. The molecule has 126 valence electrons. The molecule has 3 amide bonds. The predicted molar refractivity (Wildman–Crippen MR) is 86.7 cm³/mol. The predicted octanol–water partition coefficient (Wildman–Crippen LogP) is 1.12. The van der Waals surface area contributed by atoms with Crippen LogP contribution in [0.4, 0.5) is 4.79 Å². The van der Waals surface area contributed by atoms with Crippen LogP contribution in [0.2, 0.25) is 0 Å². The molecule has 2 fully saturated rings. The van der Waals surface area contributed by atoms with E-state index in [2.05, 4.69) is 5.32 Å². The number of hydrogen-bond acceptors (Lipinski definition) is 3. The number of piperazine rings is 1. The van der Waals surface area contributed by atoms with Gasteiger partial charge in [-0.15, -0.1) is 0 Å². The Hall–Kier alpha value is -1.30. The number of carbonyl (C=O) groups is 2. The summed E-state index contributed by atoms with van der Waals surface area (Å²) in [6, 6.07) is 0.627. The van der Waals surface area contributed by atoms with E-state index in [0.717, 1.165) is 26.1 Å². The summed E-state index contributed by atoms with van der Waals surface area (Å²) in [7, 11) is 0. The Morgan fingerprint density at radius 2 is 1.73 bits per heavy atom. The normalized spacial score (nSPS) is 22.0. The highest BCUT2D eigenvalue weighted by atomic mass is 16.2. The number of hydrogen-bond donors (Lipinski definition) is 1. The zero-order valence-electron chi connectivity index (χ0n) is 14.0. The Bertz CT molecular complexity index is 370. The van der Waals surface area contributed by atoms with Crippen molar-refractivity contribution in [3.63, 3.8) is 0 Å². The Kier molecular flexibility index (Phi) is 6.49. The summed E-state index contributed by atoms with van der Waals surface area (Å²) in [5.74, 6) is 0.239. The molecule has 0 bridgehead atoms. The standard InChI is InChI=1S/C16H30N4O2/c1-3-18(4-2)16(22)20-12-10-19(11-13-20)15(21)8-7-14-6-5-9-17-14/h14,17H,3-13H2,1-2H3. The largest absolute Gasteiger partial charge is 0.339 e. The minimum absolute atomic E-state index is 0.104. The third-order valence-electron chi connectivity index (χ3n) is 4.81. The van der Waals surface area contributed by atoms with Crippen LogP contribution in [-0.2, 0) is 4.79 Å². The number of amides is 3. The fraction of sp³-hybridized carbons (Fsp3) is 0.875. The van der Waals surface area contributed by atoms with Gasteiger partial charge in [-0.2, -0.15) is 0 Å². The number of nitrogens with one attached hydrogen (secondary N) is 1. The van der Waals surface area contributed by atoms with Crippen molar-refractivity contribution in [3.05, 3.63) is 0 Å². The Labute approximate surface area is 133 Å². The second kappa shape index (κ2) is 8.36. The molecule has 1 unspecified atom stereocenters. The SMILES string of the molecule is CCN(CC)C(=O)N1CCN(C(=O)CCC2CCCN2)CC1. The van der Waals surface area contributed by atoms with Crippen molar-refractivity contribution < 1.29 is 9.59 Å². The molecule has 2 heterocycles. The van der Waals surface area contributed by atoms with Gasteiger partial charge in [-0.05, 0) is 39.7 Å². The average Bonchev–Trinajstić information content (AvgIpc) is 3.07. The van der Waals surface area contributed by atoms with Crippen LogP contribution in [-0.4, -0.2) is 78.5 Å². The number of nitrogens with zero attached hydrogens (tertiary/aromatic N) is 3. The summed E-state index contributed by atoms with van der Waals surface area (Å²) >= 11 is 0. The molecule has 0 saturated carbocycles. The maximum atomic E-state index is 12.3. The average molecular weight is 310 g/mol. The van der Waals surface area contributed by atoms with Crippen LogP contribution in [0.3, 0.4) is 0 Å². The van der Waals surface area contributed by atoms with E-state index in [-0.39, 0.29) is 11.9 Å². The number of urea groups is 1. The smallest absolute Gasteiger partial charge is 0.320 e. The summed E-state index contributed by atoms with van der Waals surface area (Å²) < 4.78 is 0. The van der Waals surface area contributed by atoms with Gasteiger partial charge in [0.15, 0.2) is 0 Å². The van der Waals surface area contributed by atoms with Crippen molar-refractivity contribution in [2.75, 3.05) is 45.8 Å². The van der Waals surface area contributed by atoms with E-state index < -0.39 is 0 Å². The molecule has 6 nitrogen and oxygen atoms in total. The minimum Gasteiger partial charge on any atom is -0.339 e. The first kappa shape index (κ1) is 17.1. The maximum Gasteiger partial charge on any atom is 0.320 e. The zero-order chi connectivity index (χ0) is 15.9. The number of carbonyl (C=O) groups excluding carboxylic acids is 2. The zero-order valence-corrected chi connectivity index (χ0v) is 14.0. The van der Waals surface area contributed by atoms with E-state index in [1.54, 1.807) is 0 Å². The van der Waals surface area contributed by atoms with Crippen molar-refractivity contribution in [1.82, 2.24) is 20.0 Å². The quantitative estimate of drug-likeness (QED) is 0.828. The van der Waals surface area contributed by atoms with Gasteiger partial charge in [0.1, 0.15) is 0 Å². The molecule has 2 saturated heterocycles. The van der Waals surface area contributed by atoms with Crippen LogP contribution in [0.25, 0.3) is 0 Å². The third-order valence-corrected chi connectivity index (χ3v) is 4.81. The van der Waals surface area contributed by atoms with Crippen molar-refractivity contribution in [2.45, 2.75) is 45.6 Å². The molecule has 0 aromatic rings. The van der Waals surface area contributed by atoms with Gasteiger partial charge in [0.25, 0.3) is 0 Å². The first-order valence-corrected chi connectivity index (χ1v) is 8.70. The van der Waals surface area contributed by atoms with E-state index in [0.29, 0.717) is 38.6 Å². The molecule has 22 heavy (non-hydrogen) atoms. The van der Waals surface area contributed by atoms with Gasteiger partial charge < -0.3 is 20.0 Å². The second-order valence-corrected chi connectivity index (χ2v) is 6.15. The van der Waals surface area contributed by atoms with Gasteiger partial charge >= 0.3 is 6.03 Å². The first-order valence-electron chi connectivity index (χ1n) is 8.70. The van der Waals surface area contributed by atoms with Crippen molar-refractivity contribution in [2.24, 2.45) is 0 Å². The van der Waals surface area contributed by atoms with Crippen LogP contribution < -0.4 is 5.32 Å². The minimum atomic E-state index is 0.104. The molecule has 1 atom stereocenters. The highest BCUT2D eigenvalue weighted by Gasteiger charge is 2.26. The topological polar surface area (TPSA) is 55.9 Å². The fourth-order valence-corrected chi connectivity index (χ4v) is 3.30. The van der Waals surface area contributed by atoms with Gasteiger partial charge in [-0.1, -0.05) is 0 Å². The summed E-state index contributed by atoms with van der Waals surface area (Å²) in [6.45, 7) is 9.21. The van der Waals surface area contributed by atoms with Crippen LogP contribution in [0.5, 0.6) is 0 Å². The molecule has 2 aliphatic heterocycles. The van der Waals surface area contributed by atoms with E-state index in [9.17, 15) is 9.59 Å². The molecule has 2 rings (SSSR count). The van der Waals surface area contributed by atoms with Crippen LogP contribution >= 0.6 is 0 Å². The van der Waals surface area contributed by atoms with Gasteiger partial charge in [0.2, 0.25) is 5.91 Å². The van der Waals surface area contributed by atoms with Crippen LogP contribution in [0.15, 0.2) is 0 Å². The molecule has 2 aliphatic rings. The molecule has 0 radical (unpaired) electrons. The molecule has 0 aromatic carbocycles. The van der Waals surface area contributed by atoms with Crippen LogP contribution in [0, 0.1) is 0 Å². The van der Waals surface area contributed by atoms with E-state index in [1.165, 1.54) is 12.8 Å². The van der Waals surface area contributed by atoms with Crippen molar-refractivity contribution in [3.8, 4) is 0 Å². The molecular weight excluding hydrogens is 280 g/mol. The molecular formula is C16H30N4O2. The third kappa shape index (κ3) is 4.35. The lowest BCUT2D eigenvalue weighted by Crippen LogP contribution is -2.54. The molecule has 0 spiro atoms. The molecule has 0 aliphatic carbocycles. The monoisotopic (exact) mass is 310 g/mol. The first-order chi connectivity index (χ1) is 10.7. The van der Waals surface area contributed by atoms with Crippen LogP contribution in [0.1, 0.15) is 39.5 Å². The molecule has 6 heteroatoms.